The minimum Gasteiger partial charge on any atom is -0.506 e. The fraction of sp³-hybridized carbons (Fsp3) is 0.304. The molecule has 1 aromatic carbocycles. The standard InChI is InChI=1S/C23H24ClN3O5/c1-2-31-22(29)19(20(28)18-9-6-11-25-21(18)24)13-26-17-10-12-27(14-17)23(30)32-15-16-7-4-3-5-8-16/h3-9,11,13,17,28H,2,10,12,14-15H2,1H3/t17-/m1/s1. The SMILES string of the molecule is CCOC(=O)C(C=N[C@@H]1CCN(C(=O)OCc2ccccc2)C1)=C(O)c1cccnc1Cl. The van der Waals surface area contributed by atoms with Crippen molar-refractivity contribution in [1.29, 1.82) is 0 Å². The maximum atomic E-state index is 12.4. The predicted molar refractivity (Wildman–Crippen MR) is 121 cm³/mol. The summed E-state index contributed by atoms with van der Waals surface area (Å²) >= 11 is 6.04. The van der Waals surface area contributed by atoms with Gasteiger partial charge in [-0.05, 0) is 31.0 Å². The molecule has 2 heterocycles. The van der Waals surface area contributed by atoms with Crippen LogP contribution >= 0.6 is 11.6 Å². The topological polar surface area (TPSA) is 101 Å². The number of carbonyl (C=O) groups excluding carboxylic acids is 2. The molecule has 1 saturated heterocycles. The van der Waals surface area contributed by atoms with E-state index in [1.165, 1.54) is 18.5 Å². The number of carbonyl (C=O) groups is 2. The normalized spacial score (nSPS) is 16.7. The zero-order chi connectivity index (χ0) is 22.9. The molecule has 1 aliphatic rings. The number of ether oxygens (including phenoxy) is 2. The number of aliphatic hydroxyl groups is 1. The summed E-state index contributed by atoms with van der Waals surface area (Å²) in [5.74, 6) is -1.10. The van der Waals surface area contributed by atoms with E-state index in [0.717, 1.165) is 5.56 Å². The number of aromatic nitrogens is 1. The van der Waals surface area contributed by atoms with E-state index in [1.54, 1.807) is 17.9 Å². The van der Waals surface area contributed by atoms with Crippen LogP contribution in [-0.2, 0) is 20.9 Å². The highest BCUT2D eigenvalue weighted by Gasteiger charge is 2.27. The maximum absolute atomic E-state index is 12.4. The lowest BCUT2D eigenvalue weighted by Gasteiger charge is -2.15. The Bertz CT molecular complexity index is 1010. The molecule has 168 valence electrons. The fourth-order valence-corrected chi connectivity index (χ4v) is 3.36. The molecular formula is C23H24ClN3O5. The first-order valence-electron chi connectivity index (χ1n) is 10.2. The Morgan fingerprint density at radius 1 is 1.25 bits per heavy atom. The second-order valence-electron chi connectivity index (χ2n) is 7.03. The molecule has 2 aromatic rings. The Morgan fingerprint density at radius 2 is 2.03 bits per heavy atom. The van der Waals surface area contributed by atoms with Gasteiger partial charge in [-0.25, -0.2) is 14.6 Å². The quantitative estimate of drug-likeness (QED) is 0.221. The molecule has 1 fully saturated rings. The zero-order valence-corrected chi connectivity index (χ0v) is 18.4. The van der Waals surface area contributed by atoms with Gasteiger partial charge in [0.05, 0.1) is 18.2 Å². The van der Waals surface area contributed by atoms with E-state index in [4.69, 9.17) is 21.1 Å². The average Bonchev–Trinajstić information content (AvgIpc) is 3.28. The van der Waals surface area contributed by atoms with Crippen molar-refractivity contribution in [3.05, 3.63) is 70.5 Å². The first-order valence-corrected chi connectivity index (χ1v) is 10.6. The molecule has 3 rings (SSSR count). The van der Waals surface area contributed by atoms with Crippen molar-refractivity contribution in [3.8, 4) is 0 Å². The Balaban J connectivity index is 1.67. The number of amides is 1. The van der Waals surface area contributed by atoms with Gasteiger partial charge in [0.25, 0.3) is 0 Å². The third-order valence-corrected chi connectivity index (χ3v) is 5.11. The molecular weight excluding hydrogens is 434 g/mol. The summed E-state index contributed by atoms with van der Waals surface area (Å²) in [6, 6.07) is 12.3. The van der Waals surface area contributed by atoms with Crippen LogP contribution in [0.15, 0.2) is 59.2 Å². The van der Waals surface area contributed by atoms with Gasteiger partial charge < -0.3 is 19.5 Å². The van der Waals surface area contributed by atoms with E-state index in [-0.39, 0.29) is 41.3 Å². The van der Waals surface area contributed by atoms with Crippen LogP contribution in [0.4, 0.5) is 4.79 Å². The van der Waals surface area contributed by atoms with Crippen molar-refractivity contribution in [2.24, 2.45) is 4.99 Å². The van der Waals surface area contributed by atoms with Gasteiger partial charge in [-0.1, -0.05) is 41.9 Å². The number of hydrogen-bond acceptors (Lipinski definition) is 7. The van der Waals surface area contributed by atoms with Crippen molar-refractivity contribution in [2.75, 3.05) is 19.7 Å². The number of nitrogens with zero attached hydrogens (tertiary/aromatic N) is 3. The van der Waals surface area contributed by atoms with Crippen LogP contribution in [0.1, 0.15) is 24.5 Å². The van der Waals surface area contributed by atoms with Gasteiger partial charge in [-0.2, -0.15) is 0 Å². The Labute approximate surface area is 191 Å². The van der Waals surface area contributed by atoms with Gasteiger partial charge in [0.15, 0.2) is 0 Å². The van der Waals surface area contributed by atoms with Crippen molar-refractivity contribution in [3.63, 3.8) is 0 Å². The second-order valence-corrected chi connectivity index (χ2v) is 7.39. The number of esters is 1. The van der Waals surface area contributed by atoms with Crippen molar-refractivity contribution < 1.29 is 24.2 Å². The van der Waals surface area contributed by atoms with Crippen molar-refractivity contribution in [2.45, 2.75) is 26.0 Å². The molecule has 32 heavy (non-hydrogen) atoms. The lowest BCUT2D eigenvalue weighted by Crippen LogP contribution is -2.29. The molecule has 0 bridgehead atoms. The Kier molecular flexibility index (Phi) is 8.21. The Hall–Kier alpha value is -3.39. The maximum Gasteiger partial charge on any atom is 0.410 e. The number of hydrogen-bond donors (Lipinski definition) is 1. The van der Waals surface area contributed by atoms with Crippen LogP contribution in [0, 0.1) is 0 Å². The van der Waals surface area contributed by atoms with Crippen LogP contribution in [0.3, 0.4) is 0 Å². The van der Waals surface area contributed by atoms with Crippen LogP contribution in [-0.4, -0.2) is 59.0 Å². The molecule has 0 saturated carbocycles. The molecule has 1 amide bonds. The summed E-state index contributed by atoms with van der Waals surface area (Å²) < 4.78 is 10.4. The fourth-order valence-electron chi connectivity index (χ4n) is 3.15. The highest BCUT2D eigenvalue weighted by Crippen LogP contribution is 2.23. The largest absolute Gasteiger partial charge is 0.506 e. The average molecular weight is 458 g/mol. The molecule has 1 aromatic heterocycles. The highest BCUT2D eigenvalue weighted by molar-refractivity contribution is 6.31. The number of pyridine rings is 1. The monoisotopic (exact) mass is 457 g/mol. The summed E-state index contributed by atoms with van der Waals surface area (Å²) in [5, 5.41) is 10.7. The van der Waals surface area contributed by atoms with Crippen LogP contribution in [0.2, 0.25) is 5.15 Å². The van der Waals surface area contributed by atoms with Gasteiger partial charge in [0.2, 0.25) is 0 Å². The van der Waals surface area contributed by atoms with E-state index in [2.05, 4.69) is 9.98 Å². The van der Waals surface area contributed by atoms with Gasteiger partial charge >= 0.3 is 12.1 Å². The molecule has 8 nitrogen and oxygen atoms in total. The van der Waals surface area contributed by atoms with Crippen molar-refractivity contribution >= 4 is 35.6 Å². The summed E-state index contributed by atoms with van der Waals surface area (Å²) in [6.07, 6.45) is 2.92. The number of aliphatic hydroxyl groups excluding tert-OH is 1. The molecule has 1 atom stereocenters. The molecule has 0 unspecified atom stereocenters. The summed E-state index contributed by atoms with van der Waals surface area (Å²) in [4.78, 5) is 34.6. The first kappa shape index (κ1) is 23.3. The van der Waals surface area contributed by atoms with E-state index in [0.29, 0.717) is 19.5 Å². The molecule has 0 spiro atoms. The van der Waals surface area contributed by atoms with Crippen molar-refractivity contribution in [1.82, 2.24) is 9.88 Å². The lowest BCUT2D eigenvalue weighted by atomic mass is 10.1. The minimum absolute atomic E-state index is 0.0494. The van der Waals surface area contributed by atoms with Gasteiger partial charge in [0, 0.05) is 25.5 Å². The second kappa shape index (κ2) is 11.3. The number of likely N-dealkylation sites (tertiary alicyclic amines) is 1. The molecule has 0 aliphatic carbocycles. The van der Waals surface area contributed by atoms with Gasteiger partial charge in [-0.15, -0.1) is 0 Å². The minimum atomic E-state index is -0.731. The van der Waals surface area contributed by atoms with Crippen LogP contribution in [0.25, 0.3) is 5.76 Å². The number of aliphatic imine (C=N–C) groups is 1. The summed E-state index contributed by atoms with van der Waals surface area (Å²) in [6.45, 7) is 2.81. The van der Waals surface area contributed by atoms with E-state index in [9.17, 15) is 14.7 Å². The molecule has 1 aliphatic heterocycles. The number of rotatable bonds is 7. The lowest BCUT2D eigenvalue weighted by molar-refractivity contribution is -0.137. The smallest absolute Gasteiger partial charge is 0.410 e. The van der Waals surface area contributed by atoms with E-state index >= 15 is 0 Å². The third kappa shape index (κ3) is 6.07. The molecule has 9 heteroatoms. The van der Waals surface area contributed by atoms with E-state index < -0.39 is 12.1 Å². The highest BCUT2D eigenvalue weighted by atomic mass is 35.5. The molecule has 1 N–H and O–H groups in total. The summed E-state index contributed by atoms with van der Waals surface area (Å²) in [7, 11) is 0. The van der Waals surface area contributed by atoms with E-state index in [1.807, 2.05) is 30.3 Å². The number of halogens is 1. The van der Waals surface area contributed by atoms with Gasteiger partial charge in [-0.3, -0.25) is 4.99 Å². The van der Waals surface area contributed by atoms with Gasteiger partial charge in [0.1, 0.15) is 23.1 Å². The first-order chi connectivity index (χ1) is 15.5. The number of benzene rings is 1. The third-order valence-electron chi connectivity index (χ3n) is 4.81. The Morgan fingerprint density at radius 3 is 2.75 bits per heavy atom. The molecule has 0 radical (unpaired) electrons. The zero-order valence-electron chi connectivity index (χ0n) is 17.6. The summed E-state index contributed by atoms with van der Waals surface area (Å²) in [5.41, 5.74) is 0.969. The van der Waals surface area contributed by atoms with Crippen LogP contribution < -0.4 is 0 Å². The van der Waals surface area contributed by atoms with Crippen LogP contribution in [0.5, 0.6) is 0 Å². The predicted octanol–water partition coefficient (Wildman–Crippen LogP) is 4.05.